The van der Waals surface area contributed by atoms with Crippen molar-refractivity contribution in [1.82, 2.24) is 5.32 Å². The Bertz CT molecular complexity index is 601. The molecule has 19 heavy (non-hydrogen) atoms. The quantitative estimate of drug-likeness (QED) is 0.772. The van der Waals surface area contributed by atoms with Gasteiger partial charge >= 0.3 is 5.97 Å². The summed E-state index contributed by atoms with van der Waals surface area (Å²) >= 11 is 0. The predicted octanol–water partition coefficient (Wildman–Crippen LogP) is 1.49. The van der Waals surface area contributed by atoms with Crippen LogP contribution in [0.3, 0.4) is 0 Å². The van der Waals surface area contributed by atoms with Crippen molar-refractivity contribution in [3.05, 3.63) is 53.3 Å². The molecule has 1 aromatic heterocycles. The van der Waals surface area contributed by atoms with Gasteiger partial charge in [-0.2, -0.15) is 0 Å². The van der Waals surface area contributed by atoms with E-state index in [-0.39, 0.29) is 29.7 Å². The minimum absolute atomic E-state index is 0.139. The van der Waals surface area contributed by atoms with Crippen molar-refractivity contribution in [1.29, 1.82) is 0 Å². The Hall–Kier alpha value is -2.76. The number of carbonyl (C=O) groups excluding carboxylic acids is 1. The Morgan fingerprint density at radius 3 is 2.37 bits per heavy atom. The van der Waals surface area contributed by atoms with E-state index in [1.165, 1.54) is 24.3 Å². The van der Waals surface area contributed by atoms with Crippen molar-refractivity contribution in [3.63, 3.8) is 0 Å². The van der Waals surface area contributed by atoms with Crippen LogP contribution in [0.1, 0.15) is 26.5 Å². The number of carboxylic acids is 1. The molecule has 6 heteroatoms. The monoisotopic (exact) mass is 260 g/mol. The van der Waals surface area contributed by atoms with Crippen LogP contribution in [0.5, 0.6) is 0 Å². The number of furan rings is 1. The summed E-state index contributed by atoms with van der Waals surface area (Å²) in [6.07, 6.45) is 0. The minimum atomic E-state index is -0.985. The predicted molar refractivity (Wildman–Crippen MR) is 67.7 cm³/mol. The van der Waals surface area contributed by atoms with Crippen molar-refractivity contribution in [2.75, 3.05) is 5.73 Å². The largest absolute Gasteiger partial charge is 0.478 e. The fourth-order valence-corrected chi connectivity index (χ4v) is 1.51. The van der Waals surface area contributed by atoms with Gasteiger partial charge in [0.15, 0.2) is 11.6 Å². The molecule has 1 amide bonds. The van der Waals surface area contributed by atoms with E-state index in [2.05, 4.69) is 5.32 Å². The smallest absolute Gasteiger partial charge is 0.335 e. The number of benzene rings is 1. The molecule has 0 spiro atoms. The van der Waals surface area contributed by atoms with Crippen molar-refractivity contribution in [2.24, 2.45) is 0 Å². The highest BCUT2D eigenvalue weighted by Crippen LogP contribution is 2.09. The molecule has 0 atom stereocenters. The summed E-state index contributed by atoms with van der Waals surface area (Å²) in [5.74, 6) is -1.05. The number of rotatable bonds is 4. The maximum Gasteiger partial charge on any atom is 0.335 e. The first-order chi connectivity index (χ1) is 9.06. The van der Waals surface area contributed by atoms with Crippen LogP contribution in [0, 0.1) is 0 Å². The molecular weight excluding hydrogens is 248 g/mol. The van der Waals surface area contributed by atoms with E-state index in [0.717, 1.165) is 5.56 Å². The highest BCUT2D eigenvalue weighted by atomic mass is 16.4. The minimum Gasteiger partial charge on any atom is -0.478 e. The van der Waals surface area contributed by atoms with Gasteiger partial charge in [0.25, 0.3) is 5.91 Å². The maximum absolute atomic E-state index is 11.7. The zero-order chi connectivity index (χ0) is 13.8. The second kappa shape index (κ2) is 5.26. The van der Waals surface area contributed by atoms with Gasteiger partial charge in [-0.1, -0.05) is 12.1 Å². The van der Waals surface area contributed by atoms with Crippen LogP contribution in [0.15, 0.2) is 40.8 Å². The average molecular weight is 260 g/mol. The van der Waals surface area contributed by atoms with Crippen LogP contribution >= 0.6 is 0 Å². The third-order valence-electron chi connectivity index (χ3n) is 2.50. The summed E-state index contributed by atoms with van der Waals surface area (Å²) in [5, 5.41) is 11.4. The number of nitrogen functional groups attached to an aromatic ring is 1. The molecule has 0 aliphatic rings. The second-order valence-corrected chi connectivity index (χ2v) is 3.89. The number of anilines is 1. The van der Waals surface area contributed by atoms with Gasteiger partial charge in [0.2, 0.25) is 0 Å². The number of carboxylic acid groups (broad SMARTS) is 1. The number of nitrogens with one attached hydrogen (secondary N) is 1. The normalized spacial score (nSPS) is 10.1. The van der Waals surface area contributed by atoms with E-state index in [0.29, 0.717) is 0 Å². The number of hydrogen-bond donors (Lipinski definition) is 3. The molecule has 4 N–H and O–H groups in total. The third-order valence-corrected chi connectivity index (χ3v) is 2.50. The Morgan fingerprint density at radius 2 is 1.84 bits per heavy atom. The Labute approximate surface area is 108 Å². The molecule has 1 aromatic carbocycles. The first-order valence-electron chi connectivity index (χ1n) is 5.52. The molecule has 1 heterocycles. The van der Waals surface area contributed by atoms with E-state index in [4.69, 9.17) is 15.3 Å². The molecule has 0 unspecified atom stereocenters. The Kier molecular flexibility index (Phi) is 3.51. The highest BCUT2D eigenvalue weighted by Gasteiger charge is 2.09. The number of amides is 1. The van der Waals surface area contributed by atoms with Gasteiger partial charge in [-0.3, -0.25) is 4.79 Å². The molecule has 0 fully saturated rings. The summed E-state index contributed by atoms with van der Waals surface area (Å²) in [6.45, 7) is 0.277. The number of nitrogens with two attached hydrogens (primary N) is 1. The van der Waals surface area contributed by atoms with Crippen LogP contribution < -0.4 is 11.1 Å². The van der Waals surface area contributed by atoms with Crippen molar-refractivity contribution in [2.45, 2.75) is 6.54 Å². The van der Waals surface area contributed by atoms with E-state index < -0.39 is 5.97 Å². The fraction of sp³-hybridized carbons (Fsp3) is 0.0769. The second-order valence-electron chi connectivity index (χ2n) is 3.89. The lowest BCUT2D eigenvalue weighted by molar-refractivity contribution is 0.0696. The van der Waals surface area contributed by atoms with Gasteiger partial charge in [0.05, 0.1) is 5.56 Å². The average Bonchev–Trinajstić information content (AvgIpc) is 2.83. The molecule has 0 bridgehead atoms. The maximum atomic E-state index is 11.7. The lowest BCUT2D eigenvalue weighted by atomic mass is 10.1. The molecule has 0 saturated heterocycles. The SMILES string of the molecule is Nc1ccc(C(=O)NCc2ccc(C(=O)O)cc2)o1. The number of hydrogen-bond acceptors (Lipinski definition) is 4. The van der Waals surface area contributed by atoms with Gasteiger partial charge in [-0.25, -0.2) is 4.79 Å². The molecule has 98 valence electrons. The summed E-state index contributed by atoms with van der Waals surface area (Å²) in [7, 11) is 0. The molecule has 2 rings (SSSR count). The van der Waals surface area contributed by atoms with Crippen molar-refractivity contribution >= 4 is 17.8 Å². The third kappa shape index (κ3) is 3.12. The molecule has 0 aliphatic heterocycles. The van der Waals surface area contributed by atoms with Crippen LogP contribution in [0.4, 0.5) is 5.88 Å². The molecule has 0 saturated carbocycles. The van der Waals surface area contributed by atoms with Crippen LogP contribution in [-0.2, 0) is 6.54 Å². The van der Waals surface area contributed by atoms with E-state index >= 15 is 0 Å². The lowest BCUT2D eigenvalue weighted by Gasteiger charge is -2.03. The number of carbonyl (C=O) groups is 2. The molecular formula is C13H12N2O4. The van der Waals surface area contributed by atoms with Crippen LogP contribution in [0.2, 0.25) is 0 Å². The first kappa shape index (κ1) is 12.7. The van der Waals surface area contributed by atoms with E-state index in [1.807, 2.05) is 0 Å². The zero-order valence-electron chi connectivity index (χ0n) is 9.92. The van der Waals surface area contributed by atoms with Gasteiger partial charge in [0.1, 0.15) is 0 Å². The molecule has 0 radical (unpaired) electrons. The highest BCUT2D eigenvalue weighted by molar-refractivity contribution is 5.91. The zero-order valence-corrected chi connectivity index (χ0v) is 9.92. The van der Waals surface area contributed by atoms with Crippen molar-refractivity contribution < 1.29 is 19.1 Å². The summed E-state index contributed by atoms with van der Waals surface area (Å²) in [6, 6.07) is 9.22. The van der Waals surface area contributed by atoms with Crippen molar-refractivity contribution in [3.8, 4) is 0 Å². The Balaban J connectivity index is 1.95. The van der Waals surface area contributed by atoms with Crippen LogP contribution in [0.25, 0.3) is 0 Å². The number of aromatic carboxylic acids is 1. The van der Waals surface area contributed by atoms with Gasteiger partial charge in [0, 0.05) is 12.6 Å². The van der Waals surface area contributed by atoms with Crippen LogP contribution in [-0.4, -0.2) is 17.0 Å². The Morgan fingerprint density at radius 1 is 1.16 bits per heavy atom. The standard InChI is InChI=1S/C13H12N2O4/c14-11-6-5-10(19-11)12(16)15-7-8-1-3-9(4-2-8)13(17)18/h1-6H,7,14H2,(H,15,16)(H,17,18). The van der Waals surface area contributed by atoms with E-state index in [9.17, 15) is 9.59 Å². The lowest BCUT2D eigenvalue weighted by Crippen LogP contribution is -2.22. The summed E-state index contributed by atoms with van der Waals surface area (Å²) < 4.78 is 4.97. The van der Waals surface area contributed by atoms with Gasteiger partial charge in [-0.15, -0.1) is 0 Å². The van der Waals surface area contributed by atoms with E-state index in [1.54, 1.807) is 12.1 Å². The summed E-state index contributed by atoms with van der Waals surface area (Å²) in [5.41, 5.74) is 6.36. The molecule has 0 aliphatic carbocycles. The summed E-state index contributed by atoms with van der Waals surface area (Å²) in [4.78, 5) is 22.3. The first-order valence-corrected chi connectivity index (χ1v) is 5.52. The topological polar surface area (TPSA) is 106 Å². The van der Waals surface area contributed by atoms with Gasteiger partial charge in [-0.05, 0) is 23.8 Å². The molecule has 2 aromatic rings. The van der Waals surface area contributed by atoms with Gasteiger partial charge < -0.3 is 20.6 Å². The molecule has 6 nitrogen and oxygen atoms in total. The fourth-order valence-electron chi connectivity index (χ4n) is 1.51.